The van der Waals surface area contributed by atoms with Crippen LogP contribution >= 0.6 is 11.8 Å². The number of imidazole rings is 1. The van der Waals surface area contributed by atoms with Crippen molar-refractivity contribution in [1.82, 2.24) is 29.8 Å². The number of aliphatic hydroxyl groups excluding tert-OH is 1. The summed E-state index contributed by atoms with van der Waals surface area (Å²) in [6.07, 6.45) is -1.08. The van der Waals surface area contributed by atoms with Crippen LogP contribution in [-0.4, -0.2) is 74.3 Å². The van der Waals surface area contributed by atoms with E-state index in [0.29, 0.717) is 28.8 Å². The number of pyridine rings is 1. The average Bonchev–Trinajstić information content (AvgIpc) is 2.99. The largest absolute Gasteiger partial charge is 0.434 e. The quantitative estimate of drug-likeness (QED) is 0.626. The molecule has 0 aliphatic carbocycles. The molecule has 0 bridgehead atoms. The molecule has 0 aromatic carbocycles. The third-order valence-electron chi connectivity index (χ3n) is 4.73. The third-order valence-corrected chi connectivity index (χ3v) is 5.69. The molecule has 3 aromatic rings. The minimum atomic E-state index is -4.54. The molecule has 0 saturated carbocycles. The number of rotatable bonds is 5. The molecule has 0 unspecified atom stereocenters. The molecule has 0 atom stereocenters. The van der Waals surface area contributed by atoms with Crippen LogP contribution in [0.4, 0.5) is 19.1 Å². The lowest BCUT2D eigenvalue weighted by Crippen LogP contribution is -2.32. The molecule has 30 heavy (non-hydrogen) atoms. The fourth-order valence-electron chi connectivity index (χ4n) is 3.31. The number of H-pyrrole nitrogens is 1. The minimum Gasteiger partial charge on any atom is -0.395 e. The summed E-state index contributed by atoms with van der Waals surface area (Å²) in [5.41, 5.74) is -0.115. The number of nitrogens with one attached hydrogen (secondary N) is 1. The van der Waals surface area contributed by atoms with E-state index in [1.807, 2.05) is 0 Å². The number of β-amino-alcohol motifs (C(OH)–C–C–N with tert-alkyl or cyclic N) is 1. The van der Waals surface area contributed by atoms with E-state index >= 15 is 0 Å². The molecule has 1 fully saturated rings. The van der Waals surface area contributed by atoms with Gasteiger partial charge in [0.2, 0.25) is 5.95 Å². The van der Waals surface area contributed by atoms with E-state index in [1.54, 1.807) is 0 Å². The highest BCUT2D eigenvalue weighted by molar-refractivity contribution is 7.99. The summed E-state index contributed by atoms with van der Waals surface area (Å²) in [6.45, 7) is 4.03. The van der Waals surface area contributed by atoms with Gasteiger partial charge in [-0.1, -0.05) is 11.8 Å². The summed E-state index contributed by atoms with van der Waals surface area (Å²) in [6, 6.07) is 2.82. The van der Waals surface area contributed by atoms with Crippen LogP contribution in [0.15, 0.2) is 34.4 Å². The van der Waals surface area contributed by atoms with Crippen LogP contribution in [0.5, 0.6) is 0 Å². The molecule has 4 heterocycles. The second-order valence-corrected chi connectivity index (χ2v) is 7.86. The van der Waals surface area contributed by atoms with Gasteiger partial charge in [0.05, 0.1) is 12.8 Å². The molecule has 0 radical (unpaired) electrons. The first-order chi connectivity index (χ1) is 14.4. The highest BCUT2D eigenvalue weighted by Gasteiger charge is 2.35. The minimum absolute atomic E-state index is 0.0325. The van der Waals surface area contributed by atoms with Gasteiger partial charge in [0.15, 0.2) is 17.0 Å². The molecule has 1 aliphatic rings. The van der Waals surface area contributed by atoms with Gasteiger partial charge in [-0.15, -0.1) is 0 Å². The molecule has 160 valence electrons. The van der Waals surface area contributed by atoms with Crippen molar-refractivity contribution in [2.24, 2.45) is 0 Å². The zero-order valence-corrected chi connectivity index (χ0v) is 16.7. The molecule has 3 aromatic heterocycles. The first-order valence-electron chi connectivity index (χ1n) is 9.45. The Bertz CT molecular complexity index is 1010. The standard InChI is InChI=1S/C18H20F3N7OS/c19-18(20,21)14-12(3-1-4-22-14)30-13-11-23-15-16(24-13)26-17(25-15)28-6-2-5-27(7-8-28)9-10-29/h1,3-4,11,29H,2,5-10H2,(H,23,24,25,26). The van der Waals surface area contributed by atoms with Gasteiger partial charge in [-0.2, -0.15) is 18.2 Å². The number of alkyl halides is 3. The monoisotopic (exact) mass is 439 g/mol. The zero-order chi connectivity index (χ0) is 21.1. The van der Waals surface area contributed by atoms with E-state index in [1.165, 1.54) is 18.3 Å². The molecule has 8 nitrogen and oxygen atoms in total. The molecular formula is C18H20F3N7OS. The lowest BCUT2D eigenvalue weighted by molar-refractivity contribution is -0.143. The van der Waals surface area contributed by atoms with Gasteiger partial charge >= 0.3 is 6.18 Å². The van der Waals surface area contributed by atoms with E-state index < -0.39 is 11.9 Å². The Kier molecular flexibility index (Phi) is 6.06. The Morgan fingerprint density at radius 2 is 2.00 bits per heavy atom. The lowest BCUT2D eigenvalue weighted by atomic mass is 10.3. The maximum Gasteiger partial charge on any atom is 0.434 e. The van der Waals surface area contributed by atoms with Crippen molar-refractivity contribution in [2.45, 2.75) is 22.5 Å². The number of anilines is 1. The SMILES string of the molecule is OCCN1CCCN(c2nc3ncc(Sc4cccnc4C(F)(F)F)nc3[nH]2)CC1. The summed E-state index contributed by atoms with van der Waals surface area (Å²) in [7, 11) is 0. The summed E-state index contributed by atoms with van der Waals surface area (Å²) in [5.74, 6) is 0.635. The van der Waals surface area contributed by atoms with Crippen LogP contribution in [0.3, 0.4) is 0 Å². The number of halogens is 3. The lowest BCUT2D eigenvalue weighted by Gasteiger charge is -2.20. The van der Waals surface area contributed by atoms with Crippen LogP contribution in [0, 0.1) is 0 Å². The average molecular weight is 439 g/mol. The van der Waals surface area contributed by atoms with Gasteiger partial charge in [-0.05, 0) is 25.1 Å². The molecule has 0 spiro atoms. The highest BCUT2D eigenvalue weighted by atomic mass is 32.2. The van der Waals surface area contributed by atoms with Gasteiger partial charge in [0.1, 0.15) is 5.03 Å². The van der Waals surface area contributed by atoms with E-state index in [-0.39, 0.29) is 11.5 Å². The Morgan fingerprint density at radius 1 is 1.13 bits per heavy atom. The van der Waals surface area contributed by atoms with Crippen molar-refractivity contribution in [2.75, 3.05) is 44.2 Å². The molecule has 2 N–H and O–H groups in total. The number of aromatic amines is 1. The predicted molar refractivity (Wildman–Crippen MR) is 105 cm³/mol. The molecule has 1 saturated heterocycles. The van der Waals surface area contributed by atoms with Gasteiger partial charge in [-0.3, -0.25) is 9.88 Å². The molecular weight excluding hydrogens is 419 g/mol. The van der Waals surface area contributed by atoms with Crippen molar-refractivity contribution in [3.05, 3.63) is 30.2 Å². The van der Waals surface area contributed by atoms with Crippen molar-refractivity contribution in [3.8, 4) is 0 Å². The molecule has 4 rings (SSSR count). The normalized spacial score (nSPS) is 16.2. The maximum absolute atomic E-state index is 13.2. The van der Waals surface area contributed by atoms with Crippen molar-refractivity contribution in [3.63, 3.8) is 0 Å². The fourth-order valence-corrected chi connectivity index (χ4v) is 4.19. The first kappa shape index (κ1) is 20.8. The second kappa shape index (κ2) is 8.74. The number of nitrogens with zero attached hydrogens (tertiary/aromatic N) is 6. The summed E-state index contributed by atoms with van der Waals surface area (Å²) < 4.78 is 39.5. The van der Waals surface area contributed by atoms with Crippen molar-refractivity contribution in [1.29, 1.82) is 0 Å². The Balaban J connectivity index is 1.54. The Morgan fingerprint density at radius 3 is 2.80 bits per heavy atom. The number of hydrogen-bond donors (Lipinski definition) is 2. The van der Waals surface area contributed by atoms with Crippen LogP contribution in [0.1, 0.15) is 12.1 Å². The third kappa shape index (κ3) is 4.65. The number of hydrogen-bond acceptors (Lipinski definition) is 8. The molecule has 0 amide bonds. The first-order valence-corrected chi connectivity index (χ1v) is 10.3. The van der Waals surface area contributed by atoms with E-state index in [2.05, 4.69) is 34.7 Å². The molecule has 1 aliphatic heterocycles. The Hall–Kier alpha value is -2.44. The van der Waals surface area contributed by atoms with E-state index in [0.717, 1.165) is 50.6 Å². The highest BCUT2D eigenvalue weighted by Crippen LogP contribution is 2.37. The van der Waals surface area contributed by atoms with Gasteiger partial charge in [0, 0.05) is 37.3 Å². The van der Waals surface area contributed by atoms with Gasteiger partial charge < -0.3 is 15.0 Å². The summed E-state index contributed by atoms with van der Waals surface area (Å²) in [4.78, 5) is 24.0. The smallest absolute Gasteiger partial charge is 0.395 e. The van der Waals surface area contributed by atoms with E-state index in [9.17, 15) is 13.2 Å². The Labute approximate surface area is 174 Å². The van der Waals surface area contributed by atoms with E-state index in [4.69, 9.17) is 5.11 Å². The van der Waals surface area contributed by atoms with Crippen molar-refractivity contribution < 1.29 is 18.3 Å². The van der Waals surface area contributed by atoms with Crippen LogP contribution < -0.4 is 4.90 Å². The predicted octanol–water partition coefficient (Wildman–Crippen LogP) is 2.42. The topological polar surface area (TPSA) is 94.1 Å². The van der Waals surface area contributed by atoms with Crippen LogP contribution in [0.25, 0.3) is 11.3 Å². The van der Waals surface area contributed by atoms with Gasteiger partial charge in [0.25, 0.3) is 0 Å². The maximum atomic E-state index is 13.2. The number of aromatic nitrogens is 5. The number of fused-ring (bicyclic) bond motifs is 1. The molecule has 12 heteroatoms. The number of aliphatic hydroxyl groups is 1. The summed E-state index contributed by atoms with van der Waals surface area (Å²) >= 11 is 0.862. The summed E-state index contributed by atoms with van der Waals surface area (Å²) in [5, 5.41) is 9.44. The fraction of sp³-hybridized carbons (Fsp3) is 0.444. The van der Waals surface area contributed by atoms with Crippen molar-refractivity contribution >= 4 is 29.0 Å². The van der Waals surface area contributed by atoms with Crippen LogP contribution in [0.2, 0.25) is 0 Å². The van der Waals surface area contributed by atoms with Crippen LogP contribution in [-0.2, 0) is 6.18 Å². The zero-order valence-electron chi connectivity index (χ0n) is 15.9. The second-order valence-electron chi connectivity index (χ2n) is 6.80. The van der Waals surface area contributed by atoms with Gasteiger partial charge in [-0.25, -0.2) is 9.97 Å².